The van der Waals surface area contributed by atoms with Gasteiger partial charge in [-0.05, 0) is 58.8 Å². The van der Waals surface area contributed by atoms with Crippen LogP contribution in [0.3, 0.4) is 0 Å². The van der Waals surface area contributed by atoms with Crippen LogP contribution in [0, 0.1) is 3.70 Å². The molecule has 0 fully saturated rings. The first-order valence-electron chi connectivity index (χ1n) is 4.38. The number of aromatic nitrogens is 2. The third kappa shape index (κ3) is 3.51. The van der Waals surface area contributed by atoms with Gasteiger partial charge in [0.1, 0.15) is 3.70 Å². The molecule has 80 valence electrons. The van der Waals surface area contributed by atoms with Gasteiger partial charge in [0.2, 0.25) is 0 Å². The maximum atomic E-state index is 5.34. The van der Waals surface area contributed by atoms with Gasteiger partial charge < -0.3 is 4.74 Å². The van der Waals surface area contributed by atoms with Gasteiger partial charge in [-0.1, -0.05) is 0 Å². The fourth-order valence-electron chi connectivity index (χ4n) is 0.974. The lowest BCUT2D eigenvalue weighted by Crippen LogP contribution is -2.24. The molecule has 5 heteroatoms. The summed E-state index contributed by atoms with van der Waals surface area (Å²) >= 11 is 5.64. The lowest BCUT2D eigenvalue weighted by Gasteiger charge is -2.22. The first kappa shape index (κ1) is 12.4. The number of ether oxygens (including phenoxy) is 1. The van der Waals surface area contributed by atoms with Gasteiger partial charge >= 0.3 is 0 Å². The number of aryl methyl sites for hydroxylation is 1. The zero-order valence-corrected chi connectivity index (χ0v) is 12.3. The highest BCUT2D eigenvalue weighted by Gasteiger charge is 2.16. The Morgan fingerprint density at radius 3 is 2.71 bits per heavy atom. The predicted octanol–water partition coefficient (Wildman–Crippen LogP) is 3.07. The Hall–Kier alpha value is 0.380. The number of hydrogen-bond donors (Lipinski definition) is 0. The average Bonchev–Trinajstić information content (AvgIpc) is 2.44. The zero-order valence-electron chi connectivity index (χ0n) is 8.55. The largest absolute Gasteiger partial charge is 0.379 e. The number of rotatable bonds is 4. The van der Waals surface area contributed by atoms with Crippen LogP contribution in [0.15, 0.2) is 10.7 Å². The Morgan fingerprint density at radius 1 is 1.64 bits per heavy atom. The molecule has 14 heavy (non-hydrogen) atoms. The Labute approximate surface area is 106 Å². The van der Waals surface area contributed by atoms with Gasteiger partial charge in [0.05, 0.1) is 10.1 Å². The quantitative estimate of drug-likeness (QED) is 0.759. The molecule has 0 aromatic carbocycles. The maximum absolute atomic E-state index is 5.34. The average molecular weight is 373 g/mol. The van der Waals surface area contributed by atoms with E-state index >= 15 is 0 Å². The van der Waals surface area contributed by atoms with E-state index in [9.17, 15) is 0 Å². The minimum Gasteiger partial charge on any atom is -0.379 e. The molecule has 0 spiro atoms. The molecule has 0 aliphatic heterocycles. The number of nitrogens with zero attached hydrogens (tertiary/aromatic N) is 2. The molecule has 1 aromatic rings. The smallest absolute Gasteiger partial charge is 0.137 e. The summed E-state index contributed by atoms with van der Waals surface area (Å²) in [7, 11) is 1.74. The summed E-state index contributed by atoms with van der Waals surface area (Å²) in [6.07, 6.45) is 2.95. The lowest BCUT2D eigenvalue weighted by molar-refractivity contribution is 0.0113. The molecule has 0 bridgehead atoms. The van der Waals surface area contributed by atoms with E-state index in [2.05, 4.69) is 57.5 Å². The van der Waals surface area contributed by atoms with Crippen molar-refractivity contribution in [3.8, 4) is 0 Å². The van der Waals surface area contributed by atoms with Crippen molar-refractivity contribution in [3.05, 3.63) is 14.4 Å². The van der Waals surface area contributed by atoms with E-state index < -0.39 is 0 Å². The minimum absolute atomic E-state index is 0.0795. The minimum atomic E-state index is -0.0795. The van der Waals surface area contributed by atoms with Crippen LogP contribution in [0.1, 0.15) is 20.3 Å². The SMILES string of the molecule is COC(C)(C)CCn1cc(Br)c(I)n1. The number of halogens is 2. The van der Waals surface area contributed by atoms with Crippen molar-refractivity contribution in [1.29, 1.82) is 0 Å². The highest BCUT2D eigenvalue weighted by atomic mass is 127. The van der Waals surface area contributed by atoms with E-state index in [1.165, 1.54) is 0 Å². The topological polar surface area (TPSA) is 27.1 Å². The van der Waals surface area contributed by atoms with Crippen molar-refractivity contribution in [3.63, 3.8) is 0 Å². The zero-order chi connectivity index (χ0) is 10.8. The van der Waals surface area contributed by atoms with Crippen LogP contribution < -0.4 is 0 Å². The van der Waals surface area contributed by atoms with E-state index in [1.54, 1.807) is 7.11 Å². The molecule has 0 saturated heterocycles. The molecule has 0 amide bonds. The maximum Gasteiger partial charge on any atom is 0.137 e. The van der Waals surface area contributed by atoms with E-state index in [1.807, 2.05) is 10.9 Å². The summed E-state index contributed by atoms with van der Waals surface area (Å²) in [5.41, 5.74) is -0.0795. The van der Waals surface area contributed by atoms with Crippen molar-refractivity contribution in [2.45, 2.75) is 32.4 Å². The van der Waals surface area contributed by atoms with Crippen molar-refractivity contribution >= 4 is 38.5 Å². The molecular weight excluding hydrogens is 359 g/mol. The van der Waals surface area contributed by atoms with Crippen LogP contribution in [-0.4, -0.2) is 22.5 Å². The van der Waals surface area contributed by atoms with Crippen LogP contribution in [0.25, 0.3) is 0 Å². The third-order valence-corrected chi connectivity index (χ3v) is 4.29. The molecule has 0 atom stereocenters. The Balaban J connectivity index is 2.54. The summed E-state index contributed by atoms with van der Waals surface area (Å²) in [5.74, 6) is 0. The van der Waals surface area contributed by atoms with Crippen LogP contribution in [0.2, 0.25) is 0 Å². The summed E-state index contributed by atoms with van der Waals surface area (Å²) in [6.45, 7) is 5.04. The van der Waals surface area contributed by atoms with Crippen molar-refractivity contribution in [1.82, 2.24) is 9.78 Å². The predicted molar refractivity (Wildman–Crippen MR) is 68.3 cm³/mol. The second-order valence-corrected chi connectivity index (χ2v) is 5.62. The molecule has 0 aliphatic carbocycles. The van der Waals surface area contributed by atoms with Crippen molar-refractivity contribution in [2.75, 3.05) is 7.11 Å². The first-order valence-corrected chi connectivity index (χ1v) is 6.25. The normalized spacial score (nSPS) is 12.1. The van der Waals surface area contributed by atoms with Crippen molar-refractivity contribution in [2.24, 2.45) is 0 Å². The van der Waals surface area contributed by atoms with E-state index in [0.717, 1.165) is 21.1 Å². The highest BCUT2D eigenvalue weighted by Crippen LogP contribution is 2.18. The van der Waals surface area contributed by atoms with Gasteiger partial charge in [-0.3, -0.25) is 4.68 Å². The monoisotopic (exact) mass is 372 g/mol. The van der Waals surface area contributed by atoms with E-state index in [0.29, 0.717) is 0 Å². The van der Waals surface area contributed by atoms with Crippen LogP contribution in [0.5, 0.6) is 0 Å². The summed E-state index contributed by atoms with van der Waals surface area (Å²) in [6, 6.07) is 0. The molecule has 3 nitrogen and oxygen atoms in total. The van der Waals surface area contributed by atoms with Gasteiger partial charge in [-0.15, -0.1) is 0 Å². The molecule has 0 saturated carbocycles. The fraction of sp³-hybridized carbons (Fsp3) is 0.667. The first-order chi connectivity index (χ1) is 6.44. The fourth-order valence-corrected chi connectivity index (χ4v) is 1.71. The summed E-state index contributed by atoms with van der Waals surface area (Å²) < 4.78 is 9.33. The van der Waals surface area contributed by atoms with Gasteiger partial charge in [0.15, 0.2) is 0 Å². The molecule has 1 aromatic heterocycles. The van der Waals surface area contributed by atoms with Gasteiger partial charge in [-0.25, -0.2) is 0 Å². The molecular formula is C9H14BrIN2O. The van der Waals surface area contributed by atoms with E-state index in [-0.39, 0.29) is 5.60 Å². The molecule has 0 N–H and O–H groups in total. The lowest BCUT2D eigenvalue weighted by atomic mass is 10.1. The molecule has 0 aliphatic rings. The third-order valence-electron chi connectivity index (χ3n) is 2.17. The second-order valence-electron chi connectivity index (χ2n) is 3.74. The van der Waals surface area contributed by atoms with Crippen LogP contribution in [-0.2, 0) is 11.3 Å². The van der Waals surface area contributed by atoms with Crippen LogP contribution >= 0.6 is 38.5 Å². The number of hydrogen-bond acceptors (Lipinski definition) is 2. The molecule has 0 radical (unpaired) electrons. The molecule has 1 heterocycles. The molecule has 0 unspecified atom stereocenters. The number of methoxy groups -OCH3 is 1. The molecule has 1 rings (SSSR count). The summed E-state index contributed by atoms with van der Waals surface area (Å²) in [5, 5.41) is 4.35. The van der Waals surface area contributed by atoms with Gasteiger partial charge in [-0.2, -0.15) is 5.10 Å². The Bertz CT molecular complexity index is 292. The summed E-state index contributed by atoms with van der Waals surface area (Å²) in [4.78, 5) is 0. The standard InChI is InChI=1S/C9H14BrIN2O/c1-9(2,14-3)4-5-13-6-7(10)8(11)12-13/h6H,4-5H2,1-3H3. The van der Waals surface area contributed by atoms with Crippen LogP contribution in [0.4, 0.5) is 0 Å². The second kappa shape index (κ2) is 4.94. The highest BCUT2D eigenvalue weighted by molar-refractivity contribution is 14.1. The van der Waals surface area contributed by atoms with Gasteiger partial charge in [0.25, 0.3) is 0 Å². The van der Waals surface area contributed by atoms with Gasteiger partial charge in [0, 0.05) is 19.9 Å². The van der Waals surface area contributed by atoms with Crippen molar-refractivity contribution < 1.29 is 4.74 Å². The Morgan fingerprint density at radius 2 is 2.29 bits per heavy atom. The van der Waals surface area contributed by atoms with E-state index in [4.69, 9.17) is 4.74 Å². The Kier molecular flexibility index (Phi) is 4.39.